The zero-order valence-corrected chi connectivity index (χ0v) is 14.4. The molecule has 2 N–H and O–H groups in total. The summed E-state index contributed by atoms with van der Waals surface area (Å²) in [5.74, 6) is 0.0182. The Morgan fingerprint density at radius 3 is 2.61 bits per heavy atom. The molecule has 1 aromatic heterocycles. The number of fused-ring (bicyclic) bond motifs is 1. The van der Waals surface area contributed by atoms with E-state index in [0.29, 0.717) is 24.5 Å². The molecule has 0 aliphatic carbocycles. The molecule has 1 heterocycles. The van der Waals surface area contributed by atoms with Gasteiger partial charge in [-0.15, -0.1) is 12.4 Å². The first-order valence-electron chi connectivity index (χ1n) is 7.44. The Labute approximate surface area is 141 Å². The summed E-state index contributed by atoms with van der Waals surface area (Å²) in [5, 5.41) is 0.734. The topological polar surface area (TPSA) is 76.5 Å². The smallest absolute Gasteiger partial charge is 0.349 e. The Kier molecular flexibility index (Phi) is 6.79. The van der Waals surface area contributed by atoms with Crippen molar-refractivity contribution in [1.29, 1.82) is 0 Å². The van der Waals surface area contributed by atoms with Crippen molar-refractivity contribution >= 4 is 29.3 Å². The highest BCUT2D eigenvalue weighted by Gasteiger charge is 2.18. The summed E-state index contributed by atoms with van der Waals surface area (Å²) in [7, 11) is 1.67. The average Bonchev–Trinajstić information content (AvgIpc) is 2.50. The lowest BCUT2D eigenvalue weighted by Gasteiger charge is -2.21. The van der Waals surface area contributed by atoms with Crippen molar-refractivity contribution < 1.29 is 9.21 Å². The number of nitrogens with two attached hydrogens (primary N) is 1. The van der Waals surface area contributed by atoms with Gasteiger partial charge in [-0.3, -0.25) is 4.79 Å². The van der Waals surface area contributed by atoms with Gasteiger partial charge in [-0.1, -0.05) is 32.0 Å². The van der Waals surface area contributed by atoms with E-state index in [9.17, 15) is 9.59 Å². The summed E-state index contributed by atoms with van der Waals surface area (Å²) < 4.78 is 5.20. The lowest BCUT2D eigenvalue weighted by atomic mass is 10.0. The maximum absolute atomic E-state index is 12.4. The van der Waals surface area contributed by atoms with Crippen LogP contribution in [0.1, 0.15) is 30.6 Å². The van der Waals surface area contributed by atoms with Crippen LogP contribution >= 0.6 is 12.4 Å². The number of amides is 1. The Morgan fingerprint density at radius 1 is 1.30 bits per heavy atom. The maximum atomic E-state index is 12.4. The number of para-hydroxylation sites is 1. The van der Waals surface area contributed by atoms with Crippen LogP contribution in [0.2, 0.25) is 0 Å². The maximum Gasteiger partial charge on any atom is 0.349 e. The molecule has 0 spiro atoms. The third-order valence-electron chi connectivity index (χ3n) is 3.87. The van der Waals surface area contributed by atoms with E-state index in [1.807, 2.05) is 26.0 Å². The molecule has 1 aromatic carbocycles. The van der Waals surface area contributed by atoms with Gasteiger partial charge >= 0.3 is 5.63 Å². The number of benzene rings is 1. The summed E-state index contributed by atoms with van der Waals surface area (Å²) in [5.41, 5.74) is 5.92. The average molecular weight is 339 g/mol. The third kappa shape index (κ3) is 4.56. The third-order valence-corrected chi connectivity index (χ3v) is 3.87. The lowest BCUT2D eigenvalue weighted by Crippen LogP contribution is -2.36. The predicted molar refractivity (Wildman–Crippen MR) is 94.1 cm³/mol. The first-order valence-corrected chi connectivity index (χ1v) is 7.44. The Morgan fingerprint density at radius 2 is 1.96 bits per heavy atom. The number of halogens is 1. The number of rotatable bonds is 5. The molecule has 2 rings (SSSR count). The van der Waals surface area contributed by atoms with Gasteiger partial charge in [0.2, 0.25) is 0 Å². The Hall–Kier alpha value is -1.85. The van der Waals surface area contributed by atoms with E-state index in [1.165, 1.54) is 4.90 Å². The molecule has 2 aromatic rings. The SMILES string of the molecule is CC(C)C(N)CCN(C)C(=O)c1cc2ccccc2oc1=O.Cl. The molecule has 0 saturated heterocycles. The van der Waals surface area contributed by atoms with Crippen LogP contribution in [0, 0.1) is 5.92 Å². The molecule has 1 unspecified atom stereocenters. The van der Waals surface area contributed by atoms with Crippen molar-refractivity contribution in [3.8, 4) is 0 Å². The van der Waals surface area contributed by atoms with Gasteiger partial charge in [0.25, 0.3) is 5.91 Å². The van der Waals surface area contributed by atoms with E-state index in [-0.39, 0.29) is 29.9 Å². The summed E-state index contributed by atoms with van der Waals surface area (Å²) in [4.78, 5) is 25.9. The molecule has 0 fully saturated rings. The molecular weight excluding hydrogens is 316 g/mol. The molecule has 6 heteroatoms. The van der Waals surface area contributed by atoms with Gasteiger partial charge in [-0.05, 0) is 24.5 Å². The standard InChI is InChI=1S/C17H22N2O3.ClH/c1-11(2)14(18)8-9-19(3)16(20)13-10-12-6-4-5-7-15(12)22-17(13)21;/h4-7,10-11,14H,8-9,18H2,1-3H3;1H. The molecule has 0 aliphatic rings. The monoisotopic (exact) mass is 338 g/mol. The van der Waals surface area contributed by atoms with Gasteiger partial charge in [-0.25, -0.2) is 4.79 Å². The number of nitrogens with zero attached hydrogens (tertiary/aromatic N) is 1. The number of carbonyl (C=O) groups excluding carboxylic acids is 1. The molecule has 5 nitrogen and oxygen atoms in total. The quantitative estimate of drug-likeness (QED) is 0.850. The van der Waals surface area contributed by atoms with Gasteiger partial charge in [0.05, 0.1) is 0 Å². The van der Waals surface area contributed by atoms with Gasteiger partial charge in [0, 0.05) is 25.0 Å². The molecule has 126 valence electrons. The van der Waals surface area contributed by atoms with E-state index in [4.69, 9.17) is 10.2 Å². The van der Waals surface area contributed by atoms with Crippen LogP contribution in [0.3, 0.4) is 0 Å². The summed E-state index contributed by atoms with van der Waals surface area (Å²) in [6, 6.07) is 8.75. The zero-order valence-electron chi connectivity index (χ0n) is 13.6. The van der Waals surface area contributed by atoms with Crippen molar-refractivity contribution in [2.24, 2.45) is 11.7 Å². The molecule has 23 heavy (non-hydrogen) atoms. The number of carbonyl (C=O) groups is 1. The van der Waals surface area contributed by atoms with E-state index >= 15 is 0 Å². The van der Waals surface area contributed by atoms with Gasteiger partial charge < -0.3 is 15.1 Å². The first-order chi connectivity index (χ1) is 10.4. The van der Waals surface area contributed by atoms with Crippen LogP contribution in [-0.4, -0.2) is 30.4 Å². The molecule has 0 bridgehead atoms. The van der Waals surface area contributed by atoms with E-state index in [2.05, 4.69) is 0 Å². The van der Waals surface area contributed by atoms with Crippen molar-refractivity contribution in [2.75, 3.05) is 13.6 Å². The summed E-state index contributed by atoms with van der Waals surface area (Å²) in [6.45, 7) is 4.60. The molecular formula is C17H23ClN2O3. The lowest BCUT2D eigenvalue weighted by molar-refractivity contribution is 0.0785. The van der Waals surface area contributed by atoms with Crippen LogP contribution in [0.5, 0.6) is 0 Å². The molecule has 0 radical (unpaired) electrons. The van der Waals surface area contributed by atoms with Crippen molar-refractivity contribution in [3.63, 3.8) is 0 Å². The molecule has 1 atom stereocenters. The van der Waals surface area contributed by atoms with Crippen molar-refractivity contribution in [2.45, 2.75) is 26.3 Å². The Bertz CT molecular complexity index is 727. The van der Waals surface area contributed by atoms with Gasteiger partial charge in [0.1, 0.15) is 11.1 Å². The normalized spacial score (nSPS) is 12.0. The second kappa shape index (κ2) is 8.13. The fourth-order valence-electron chi connectivity index (χ4n) is 2.19. The summed E-state index contributed by atoms with van der Waals surface area (Å²) in [6.07, 6.45) is 0.693. The minimum absolute atomic E-state index is 0. The molecule has 0 aliphatic heterocycles. The van der Waals surface area contributed by atoms with Gasteiger partial charge in [0.15, 0.2) is 0 Å². The van der Waals surface area contributed by atoms with E-state index in [1.54, 1.807) is 25.2 Å². The highest BCUT2D eigenvalue weighted by atomic mass is 35.5. The number of hydrogen-bond donors (Lipinski definition) is 1. The van der Waals surface area contributed by atoms with Crippen LogP contribution < -0.4 is 11.4 Å². The van der Waals surface area contributed by atoms with E-state index in [0.717, 1.165) is 5.39 Å². The fourth-order valence-corrected chi connectivity index (χ4v) is 2.19. The van der Waals surface area contributed by atoms with Crippen LogP contribution in [-0.2, 0) is 0 Å². The highest BCUT2D eigenvalue weighted by molar-refractivity contribution is 5.96. The first kappa shape index (κ1) is 19.2. The van der Waals surface area contributed by atoms with E-state index < -0.39 is 5.63 Å². The van der Waals surface area contributed by atoms with Crippen molar-refractivity contribution in [3.05, 3.63) is 46.3 Å². The molecule has 0 saturated carbocycles. The fraction of sp³-hybridized carbons (Fsp3) is 0.412. The minimum atomic E-state index is -0.608. The summed E-state index contributed by atoms with van der Waals surface area (Å²) >= 11 is 0. The van der Waals surface area contributed by atoms with Crippen molar-refractivity contribution in [1.82, 2.24) is 4.90 Å². The Balaban J connectivity index is 0.00000264. The second-order valence-corrected chi connectivity index (χ2v) is 5.91. The zero-order chi connectivity index (χ0) is 16.3. The second-order valence-electron chi connectivity index (χ2n) is 5.91. The predicted octanol–water partition coefficient (Wildman–Crippen LogP) is 2.66. The minimum Gasteiger partial charge on any atom is -0.422 e. The van der Waals surface area contributed by atoms with Gasteiger partial charge in [-0.2, -0.15) is 0 Å². The van der Waals surface area contributed by atoms with Crippen LogP contribution in [0.4, 0.5) is 0 Å². The molecule has 1 amide bonds. The van der Waals surface area contributed by atoms with Crippen LogP contribution in [0.25, 0.3) is 11.0 Å². The largest absolute Gasteiger partial charge is 0.422 e. The number of hydrogen-bond acceptors (Lipinski definition) is 4. The highest BCUT2D eigenvalue weighted by Crippen LogP contribution is 2.14. The van der Waals surface area contributed by atoms with Crippen LogP contribution in [0.15, 0.2) is 39.5 Å².